The number of aromatic nitrogens is 2. The molecule has 1 aliphatic carbocycles. The van der Waals surface area contributed by atoms with Gasteiger partial charge in [-0.15, -0.1) is 10.2 Å². The van der Waals surface area contributed by atoms with Gasteiger partial charge in [0.2, 0.25) is 0 Å². The van der Waals surface area contributed by atoms with Crippen molar-refractivity contribution in [1.29, 1.82) is 0 Å². The number of phenolic OH excluding ortho intramolecular Hbond substituents is 1. The zero-order valence-electron chi connectivity index (χ0n) is 18.2. The Morgan fingerprint density at radius 3 is 2.59 bits per heavy atom. The first-order chi connectivity index (χ1) is 15.4. The van der Waals surface area contributed by atoms with Crippen LogP contribution in [0.4, 0.5) is 5.82 Å². The van der Waals surface area contributed by atoms with Crippen molar-refractivity contribution in [3.05, 3.63) is 42.5 Å². The van der Waals surface area contributed by atoms with Crippen molar-refractivity contribution in [2.45, 2.75) is 36.6 Å². The molecular formula is C24H28N4O3S. The maximum Gasteiger partial charge on any atom is 0.175 e. The molecule has 3 aromatic rings. The number of anilines is 1. The summed E-state index contributed by atoms with van der Waals surface area (Å²) >= 11 is 0. The molecule has 7 nitrogen and oxygen atoms in total. The summed E-state index contributed by atoms with van der Waals surface area (Å²) in [6.45, 7) is 3.39. The second-order valence-corrected chi connectivity index (χ2v) is 11.1. The minimum atomic E-state index is -3.41. The van der Waals surface area contributed by atoms with E-state index in [1.165, 1.54) is 44.5 Å². The highest BCUT2D eigenvalue weighted by atomic mass is 32.2. The zero-order valence-corrected chi connectivity index (χ0v) is 19.0. The zero-order chi connectivity index (χ0) is 22.3. The number of sulfone groups is 1. The summed E-state index contributed by atoms with van der Waals surface area (Å²) in [5.41, 5.74) is 0.989. The highest BCUT2D eigenvalue weighted by Crippen LogP contribution is 2.36. The average Bonchev–Trinajstić information content (AvgIpc) is 3.58. The summed E-state index contributed by atoms with van der Waals surface area (Å²) in [4.78, 5) is 2.63. The molecule has 168 valence electrons. The number of aromatic hydroxyl groups is 1. The fourth-order valence-corrected chi connectivity index (χ4v) is 5.19. The van der Waals surface area contributed by atoms with Crippen molar-refractivity contribution in [2.24, 2.45) is 5.92 Å². The fourth-order valence-electron chi connectivity index (χ4n) is 4.55. The van der Waals surface area contributed by atoms with Crippen molar-refractivity contribution in [1.82, 2.24) is 15.1 Å². The van der Waals surface area contributed by atoms with Crippen LogP contribution in [-0.4, -0.2) is 60.6 Å². The molecule has 1 saturated carbocycles. The first-order valence-electron chi connectivity index (χ1n) is 11.2. The Balaban J connectivity index is 1.45. The van der Waals surface area contributed by atoms with E-state index in [1.807, 2.05) is 24.3 Å². The molecule has 1 aliphatic heterocycles. The molecule has 0 amide bonds. The lowest BCUT2D eigenvalue weighted by Gasteiger charge is -2.33. The Hall–Kier alpha value is -2.71. The van der Waals surface area contributed by atoms with Gasteiger partial charge < -0.3 is 15.3 Å². The van der Waals surface area contributed by atoms with Gasteiger partial charge in [-0.25, -0.2) is 8.42 Å². The van der Waals surface area contributed by atoms with Crippen LogP contribution in [0.3, 0.4) is 0 Å². The molecular weight excluding hydrogens is 424 g/mol. The van der Waals surface area contributed by atoms with Gasteiger partial charge >= 0.3 is 0 Å². The first-order valence-corrected chi connectivity index (χ1v) is 13.1. The Labute approximate surface area is 188 Å². The summed E-state index contributed by atoms with van der Waals surface area (Å²) < 4.78 is 23.6. The van der Waals surface area contributed by atoms with E-state index >= 15 is 0 Å². The van der Waals surface area contributed by atoms with Gasteiger partial charge in [0, 0.05) is 41.7 Å². The van der Waals surface area contributed by atoms with E-state index in [9.17, 15) is 13.5 Å². The number of rotatable bonds is 6. The average molecular weight is 453 g/mol. The molecule has 1 saturated heterocycles. The molecule has 2 aliphatic rings. The predicted molar refractivity (Wildman–Crippen MR) is 126 cm³/mol. The van der Waals surface area contributed by atoms with Gasteiger partial charge in [-0.2, -0.15) is 0 Å². The highest BCUT2D eigenvalue weighted by molar-refractivity contribution is 7.90. The van der Waals surface area contributed by atoms with Crippen LogP contribution in [0.5, 0.6) is 5.75 Å². The number of piperidine rings is 1. The summed E-state index contributed by atoms with van der Waals surface area (Å²) in [6.07, 6.45) is 6.13. The molecule has 2 fully saturated rings. The number of nitrogens with one attached hydrogen (secondary N) is 1. The highest BCUT2D eigenvalue weighted by Gasteiger charge is 2.28. The van der Waals surface area contributed by atoms with Crippen molar-refractivity contribution in [3.63, 3.8) is 0 Å². The minimum Gasteiger partial charge on any atom is -0.507 e. The third kappa shape index (κ3) is 4.42. The van der Waals surface area contributed by atoms with Crippen molar-refractivity contribution < 1.29 is 13.5 Å². The maximum absolute atomic E-state index is 11.8. The maximum atomic E-state index is 11.8. The second kappa shape index (κ2) is 8.33. The molecule has 2 aromatic carbocycles. The smallest absolute Gasteiger partial charge is 0.175 e. The number of benzene rings is 2. The molecule has 0 unspecified atom stereocenters. The number of hydrogen-bond donors (Lipinski definition) is 2. The molecule has 0 spiro atoms. The van der Waals surface area contributed by atoms with Crippen LogP contribution in [0.25, 0.3) is 22.0 Å². The van der Waals surface area contributed by atoms with E-state index in [0.717, 1.165) is 41.7 Å². The molecule has 8 heteroatoms. The molecule has 2 heterocycles. The normalized spacial score (nSPS) is 19.8. The van der Waals surface area contributed by atoms with Crippen molar-refractivity contribution in [2.75, 3.05) is 31.2 Å². The Morgan fingerprint density at radius 1 is 1.09 bits per heavy atom. The fraction of sp³-hybridized carbons (Fsp3) is 0.417. The molecule has 2 N–H and O–H groups in total. The van der Waals surface area contributed by atoms with Gasteiger partial charge in [0.15, 0.2) is 15.7 Å². The van der Waals surface area contributed by atoms with E-state index in [-0.39, 0.29) is 10.6 Å². The SMILES string of the molecule is CS(=O)(=O)c1ccc(-c2nnc(N[C@@H]3CCCN(CC4CC4)C3)c3ccccc23)c(O)c1. The standard InChI is InChI=1S/C24H28N4O3S/c1-32(30,31)18-10-11-21(22(29)13-18)23-19-6-2-3-7-20(19)24(27-26-23)25-17-5-4-12-28(15-17)14-16-8-9-16/h2-3,6-7,10-11,13,16-17,29H,4-5,8-9,12,14-15H2,1H3,(H,25,27)/t17-/m1/s1. The van der Waals surface area contributed by atoms with Gasteiger partial charge in [-0.05, 0) is 56.3 Å². The Morgan fingerprint density at radius 2 is 1.88 bits per heavy atom. The third-order valence-corrected chi connectivity index (χ3v) is 7.51. The summed E-state index contributed by atoms with van der Waals surface area (Å²) in [5, 5.41) is 24.9. The van der Waals surface area contributed by atoms with Crippen LogP contribution in [0.1, 0.15) is 25.7 Å². The third-order valence-electron chi connectivity index (χ3n) is 6.40. The van der Waals surface area contributed by atoms with Crippen LogP contribution >= 0.6 is 0 Å². The van der Waals surface area contributed by atoms with E-state index in [4.69, 9.17) is 0 Å². The van der Waals surface area contributed by atoms with Crippen LogP contribution in [0.2, 0.25) is 0 Å². The van der Waals surface area contributed by atoms with Gasteiger partial charge in [-0.1, -0.05) is 24.3 Å². The van der Waals surface area contributed by atoms with Crippen molar-refractivity contribution >= 4 is 26.4 Å². The number of fused-ring (bicyclic) bond motifs is 1. The number of hydrogen-bond acceptors (Lipinski definition) is 7. The largest absolute Gasteiger partial charge is 0.507 e. The van der Waals surface area contributed by atoms with Crippen LogP contribution in [-0.2, 0) is 9.84 Å². The van der Waals surface area contributed by atoms with E-state index in [2.05, 4.69) is 20.4 Å². The lowest BCUT2D eigenvalue weighted by atomic mass is 10.0. The Kier molecular flexibility index (Phi) is 5.51. The minimum absolute atomic E-state index is 0.0716. The summed E-state index contributed by atoms with van der Waals surface area (Å²) in [6, 6.07) is 12.5. The monoisotopic (exact) mass is 452 g/mol. The van der Waals surface area contributed by atoms with E-state index in [1.54, 1.807) is 6.07 Å². The molecule has 1 atom stereocenters. The van der Waals surface area contributed by atoms with Crippen LogP contribution < -0.4 is 5.32 Å². The molecule has 0 bridgehead atoms. The molecule has 5 rings (SSSR count). The molecule has 0 radical (unpaired) electrons. The summed E-state index contributed by atoms with van der Waals surface area (Å²) in [7, 11) is -3.41. The lowest BCUT2D eigenvalue weighted by Crippen LogP contribution is -2.43. The van der Waals surface area contributed by atoms with E-state index in [0.29, 0.717) is 17.3 Å². The van der Waals surface area contributed by atoms with Gasteiger partial charge in [0.05, 0.1) is 4.90 Å². The molecule has 1 aromatic heterocycles. The predicted octanol–water partition coefficient (Wildman–Crippen LogP) is 3.69. The number of nitrogens with zero attached hydrogens (tertiary/aromatic N) is 3. The first kappa shape index (κ1) is 21.2. The van der Waals surface area contributed by atoms with Crippen LogP contribution in [0, 0.1) is 5.92 Å². The molecule has 32 heavy (non-hydrogen) atoms. The Bertz CT molecular complexity index is 1260. The summed E-state index contributed by atoms with van der Waals surface area (Å²) in [5.74, 6) is 1.50. The number of likely N-dealkylation sites (tertiary alicyclic amines) is 1. The van der Waals surface area contributed by atoms with Gasteiger partial charge in [0.25, 0.3) is 0 Å². The van der Waals surface area contributed by atoms with Crippen LogP contribution in [0.15, 0.2) is 47.4 Å². The lowest BCUT2D eigenvalue weighted by molar-refractivity contribution is 0.208. The van der Waals surface area contributed by atoms with Gasteiger partial charge in [0.1, 0.15) is 11.4 Å². The van der Waals surface area contributed by atoms with E-state index < -0.39 is 9.84 Å². The number of phenols is 1. The topological polar surface area (TPSA) is 95.4 Å². The van der Waals surface area contributed by atoms with Gasteiger partial charge in [-0.3, -0.25) is 0 Å². The quantitative estimate of drug-likeness (QED) is 0.589. The van der Waals surface area contributed by atoms with Crippen molar-refractivity contribution in [3.8, 4) is 17.0 Å². The second-order valence-electron chi connectivity index (χ2n) is 9.08.